The van der Waals surface area contributed by atoms with Gasteiger partial charge in [-0.1, -0.05) is 6.92 Å². The lowest BCUT2D eigenvalue weighted by atomic mass is 10.1. The molecule has 1 fully saturated rings. The van der Waals surface area contributed by atoms with Crippen molar-refractivity contribution in [2.24, 2.45) is 0 Å². The van der Waals surface area contributed by atoms with E-state index in [1.165, 1.54) is 11.3 Å². The van der Waals surface area contributed by atoms with E-state index in [1.807, 2.05) is 23.3 Å². The van der Waals surface area contributed by atoms with E-state index in [9.17, 15) is 4.79 Å². The largest absolute Gasteiger partial charge is 0.375 e. The molecule has 1 saturated heterocycles. The Hall–Kier alpha value is -0.390. The zero-order valence-corrected chi connectivity index (χ0v) is 12.4. The minimum Gasteiger partial charge on any atom is -0.375 e. The van der Waals surface area contributed by atoms with Crippen LogP contribution in [0.1, 0.15) is 29.9 Å². The normalized spacial score (nSPS) is 25.0. The number of hydrogen-bond acceptors (Lipinski definition) is 3. The summed E-state index contributed by atoms with van der Waals surface area (Å²) in [5, 5.41) is 1.93. The third-order valence-electron chi connectivity index (χ3n) is 3.01. The first-order valence-electron chi connectivity index (χ1n) is 5.79. The Morgan fingerprint density at radius 1 is 1.71 bits per heavy atom. The van der Waals surface area contributed by atoms with Gasteiger partial charge < -0.3 is 9.64 Å². The summed E-state index contributed by atoms with van der Waals surface area (Å²) in [7, 11) is 0. The molecule has 3 nitrogen and oxygen atoms in total. The second-order valence-electron chi connectivity index (χ2n) is 4.26. The van der Waals surface area contributed by atoms with Crippen molar-refractivity contribution in [3.63, 3.8) is 0 Å². The summed E-state index contributed by atoms with van der Waals surface area (Å²) >= 11 is 4.91. The van der Waals surface area contributed by atoms with Gasteiger partial charge in [0, 0.05) is 11.0 Å². The van der Waals surface area contributed by atoms with Crippen molar-refractivity contribution in [3.05, 3.63) is 20.8 Å². The van der Waals surface area contributed by atoms with Crippen LogP contribution >= 0.6 is 27.3 Å². The molecule has 0 N–H and O–H groups in total. The van der Waals surface area contributed by atoms with E-state index in [2.05, 4.69) is 22.9 Å². The standard InChI is InChI=1S/C12H16BrNO2S/c1-3-9-7-16-8(2)6-14(9)12(15)11-10(13)4-5-17-11/h4-5,8-9H,3,6-7H2,1-2H3. The number of hydrogen-bond donors (Lipinski definition) is 0. The van der Waals surface area contributed by atoms with E-state index >= 15 is 0 Å². The Morgan fingerprint density at radius 3 is 3.06 bits per heavy atom. The van der Waals surface area contributed by atoms with Gasteiger partial charge in [-0.15, -0.1) is 11.3 Å². The molecule has 1 amide bonds. The second-order valence-corrected chi connectivity index (χ2v) is 6.03. The topological polar surface area (TPSA) is 29.5 Å². The summed E-state index contributed by atoms with van der Waals surface area (Å²) < 4.78 is 6.50. The number of carbonyl (C=O) groups is 1. The van der Waals surface area contributed by atoms with Gasteiger partial charge in [0.05, 0.1) is 18.8 Å². The Balaban J connectivity index is 2.19. The number of thiophene rings is 1. The van der Waals surface area contributed by atoms with E-state index in [4.69, 9.17) is 4.74 Å². The molecule has 2 atom stereocenters. The predicted octanol–water partition coefficient (Wildman–Crippen LogP) is 3.15. The second kappa shape index (κ2) is 5.50. The smallest absolute Gasteiger partial charge is 0.265 e. The molecule has 2 heterocycles. The van der Waals surface area contributed by atoms with E-state index in [1.54, 1.807) is 0 Å². The number of ether oxygens (including phenoxy) is 1. The van der Waals surface area contributed by atoms with Crippen molar-refractivity contribution in [2.75, 3.05) is 13.2 Å². The molecule has 1 aromatic rings. The van der Waals surface area contributed by atoms with Gasteiger partial charge in [-0.2, -0.15) is 0 Å². The quantitative estimate of drug-likeness (QED) is 0.838. The molecule has 0 aromatic carbocycles. The van der Waals surface area contributed by atoms with Crippen LogP contribution < -0.4 is 0 Å². The highest BCUT2D eigenvalue weighted by Crippen LogP contribution is 2.26. The molecule has 1 aliphatic heterocycles. The van der Waals surface area contributed by atoms with Crippen LogP contribution in [-0.4, -0.2) is 36.1 Å². The monoisotopic (exact) mass is 317 g/mol. The minimum atomic E-state index is 0.119. The van der Waals surface area contributed by atoms with E-state index < -0.39 is 0 Å². The fourth-order valence-corrected chi connectivity index (χ4v) is 3.50. The van der Waals surface area contributed by atoms with Crippen molar-refractivity contribution in [2.45, 2.75) is 32.4 Å². The van der Waals surface area contributed by atoms with Crippen LogP contribution in [0, 0.1) is 0 Å². The molecular weight excluding hydrogens is 302 g/mol. The summed E-state index contributed by atoms with van der Waals surface area (Å²) in [6.45, 7) is 5.43. The van der Waals surface area contributed by atoms with Crippen LogP contribution in [0.25, 0.3) is 0 Å². The van der Waals surface area contributed by atoms with Gasteiger partial charge in [-0.05, 0) is 40.7 Å². The number of carbonyl (C=O) groups excluding carboxylic acids is 1. The van der Waals surface area contributed by atoms with Gasteiger partial charge in [0.25, 0.3) is 5.91 Å². The van der Waals surface area contributed by atoms with Crippen molar-refractivity contribution < 1.29 is 9.53 Å². The average Bonchev–Trinajstić information content (AvgIpc) is 2.74. The maximum Gasteiger partial charge on any atom is 0.265 e. The lowest BCUT2D eigenvalue weighted by Gasteiger charge is -2.38. The molecule has 0 bridgehead atoms. The molecule has 1 aromatic heterocycles. The van der Waals surface area contributed by atoms with Crippen LogP contribution in [0.15, 0.2) is 15.9 Å². The fraction of sp³-hybridized carbons (Fsp3) is 0.583. The molecule has 0 saturated carbocycles. The zero-order chi connectivity index (χ0) is 12.4. The first kappa shape index (κ1) is 13.1. The van der Waals surface area contributed by atoms with Crippen molar-refractivity contribution in [3.8, 4) is 0 Å². The Labute approximate surface area is 114 Å². The highest BCUT2D eigenvalue weighted by atomic mass is 79.9. The van der Waals surface area contributed by atoms with Crippen molar-refractivity contribution >= 4 is 33.2 Å². The van der Waals surface area contributed by atoms with Crippen molar-refractivity contribution in [1.29, 1.82) is 0 Å². The number of morpholine rings is 1. The lowest BCUT2D eigenvalue weighted by Crippen LogP contribution is -2.51. The first-order valence-corrected chi connectivity index (χ1v) is 7.46. The number of amides is 1. The van der Waals surface area contributed by atoms with Crippen LogP contribution in [0.3, 0.4) is 0 Å². The lowest BCUT2D eigenvalue weighted by molar-refractivity contribution is -0.0442. The Kier molecular flexibility index (Phi) is 4.22. The van der Waals surface area contributed by atoms with Gasteiger partial charge >= 0.3 is 0 Å². The Bertz CT molecular complexity index is 407. The van der Waals surface area contributed by atoms with E-state index in [-0.39, 0.29) is 18.1 Å². The van der Waals surface area contributed by atoms with Crippen LogP contribution in [0.2, 0.25) is 0 Å². The summed E-state index contributed by atoms with van der Waals surface area (Å²) in [6.07, 6.45) is 1.06. The predicted molar refractivity (Wildman–Crippen MR) is 72.5 cm³/mol. The number of halogens is 1. The van der Waals surface area contributed by atoms with Crippen molar-refractivity contribution in [1.82, 2.24) is 4.90 Å². The number of rotatable bonds is 2. The molecule has 0 aliphatic carbocycles. The van der Waals surface area contributed by atoms with E-state index in [0.717, 1.165) is 15.8 Å². The molecule has 94 valence electrons. The maximum atomic E-state index is 12.4. The highest BCUT2D eigenvalue weighted by molar-refractivity contribution is 9.10. The summed E-state index contributed by atoms with van der Waals surface area (Å²) in [4.78, 5) is 15.2. The average molecular weight is 318 g/mol. The van der Waals surface area contributed by atoms with Crippen LogP contribution in [0.4, 0.5) is 0 Å². The van der Waals surface area contributed by atoms with Gasteiger partial charge in [0.15, 0.2) is 0 Å². The summed E-state index contributed by atoms with van der Waals surface area (Å²) in [6, 6.07) is 2.12. The third kappa shape index (κ3) is 2.72. The molecule has 17 heavy (non-hydrogen) atoms. The van der Waals surface area contributed by atoms with Crippen LogP contribution in [-0.2, 0) is 4.74 Å². The Morgan fingerprint density at radius 2 is 2.47 bits per heavy atom. The molecular formula is C12H16BrNO2S. The first-order chi connectivity index (χ1) is 8.13. The molecule has 0 radical (unpaired) electrons. The van der Waals surface area contributed by atoms with Gasteiger partial charge in [-0.25, -0.2) is 0 Å². The molecule has 5 heteroatoms. The summed E-state index contributed by atoms with van der Waals surface area (Å²) in [5.74, 6) is 0.119. The SMILES string of the molecule is CCC1COC(C)CN1C(=O)c1sccc1Br. The van der Waals surface area contributed by atoms with Gasteiger partial charge in [0.2, 0.25) is 0 Å². The third-order valence-corrected chi connectivity index (χ3v) is 4.84. The fourth-order valence-electron chi connectivity index (χ4n) is 2.01. The number of nitrogens with zero attached hydrogens (tertiary/aromatic N) is 1. The van der Waals surface area contributed by atoms with Crippen LogP contribution in [0.5, 0.6) is 0 Å². The van der Waals surface area contributed by atoms with E-state index in [0.29, 0.717) is 13.2 Å². The molecule has 2 rings (SSSR count). The highest BCUT2D eigenvalue weighted by Gasteiger charge is 2.31. The summed E-state index contributed by atoms with van der Waals surface area (Å²) in [5.41, 5.74) is 0. The zero-order valence-electron chi connectivity index (χ0n) is 9.98. The maximum absolute atomic E-state index is 12.4. The molecule has 1 aliphatic rings. The molecule has 2 unspecified atom stereocenters. The minimum absolute atomic E-state index is 0.119. The van der Waals surface area contributed by atoms with Gasteiger partial charge in [-0.3, -0.25) is 4.79 Å². The van der Waals surface area contributed by atoms with Gasteiger partial charge in [0.1, 0.15) is 4.88 Å². The molecule has 0 spiro atoms.